The number of rotatable bonds is 5. The summed E-state index contributed by atoms with van der Waals surface area (Å²) in [5.74, 6) is 0.971. The number of ether oxygens (including phenoxy) is 3. The fourth-order valence-corrected chi connectivity index (χ4v) is 3.01. The molecule has 0 bridgehead atoms. The molecule has 1 aromatic carbocycles. The number of carbonyl (C=O) groups is 1. The van der Waals surface area contributed by atoms with E-state index in [0.29, 0.717) is 13.1 Å². The lowest BCUT2D eigenvalue weighted by Gasteiger charge is -2.39. The van der Waals surface area contributed by atoms with Gasteiger partial charge >= 0.3 is 6.09 Å². The Morgan fingerprint density at radius 2 is 1.96 bits per heavy atom. The first-order valence-electron chi connectivity index (χ1n) is 8.68. The van der Waals surface area contributed by atoms with Crippen molar-refractivity contribution < 1.29 is 24.1 Å². The van der Waals surface area contributed by atoms with Crippen molar-refractivity contribution in [3.63, 3.8) is 0 Å². The average Bonchev–Trinajstić information content (AvgIpc) is 2.58. The Kier molecular flexibility index (Phi) is 6.67. The lowest BCUT2D eigenvalue weighted by molar-refractivity contribution is -0.0376. The number of piperidine rings is 1. The van der Waals surface area contributed by atoms with Crippen molar-refractivity contribution in [3.05, 3.63) is 29.8 Å². The van der Waals surface area contributed by atoms with Crippen LogP contribution in [0, 0.1) is 0 Å². The van der Waals surface area contributed by atoms with Crippen LogP contribution < -0.4 is 4.74 Å². The van der Waals surface area contributed by atoms with Crippen LogP contribution in [-0.2, 0) is 9.47 Å². The van der Waals surface area contributed by atoms with E-state index in [-0.39, 0.29) is 31.3 Å². The van der Waals surface area contributed by atoms with E-state index >= 15 is 0 Å². The van der Waals surface area contributed by atoms with Gasteiger partial charge < -0.3 is 24.2 Å². The summed E-state index contributed by atoms with van der Waals surface area (Å²) in [6, 6.07) is 7.92. The van der Waals surface area contributed by atoms with Crippen LogP contribution in [0.2, 0.25) is 0 Å². The van der Waals surface area contributed by atoms with E-state index in [1.807, 2.05) is 45.0 Å². The van der Waals surface area contributed by atoms with Gasteiger partial charge in [0.2, 0.25) is 0 Å². The van der Waals surface area contributed by atoms with Gasteiger partial charge in [-0.3, -0.25) is 0 Å². The van der Waals surface area contributed by atoms with E-state index in [1.54, 1.807) is 12.0 Å². The van der Waals surface area contributed by atoms with Crippen molar-refractivity contribution in [1.82, 2.24) is 4.90 Å². The smallest absolute Gasteiger partial charge is 0.410 e. The molecule has 1 aliphatic heterocycles. The number of nitrogens with zero attached hydrogens (tertiary/aromatic N) is 1. The minimum absolute atomic E-state index is 0.0434. The molecule has 1 fully saturated rings. The summed E-state index contributed by atoms with van der Waals surface area (Å²) in [5, 5.41) is 9.10. The van der Waals surface area contributed by atoms with Crippen molar-refractivity contribution >= 4 is 6.09 Å². The molecule has 2 atom stereocenters. The molecule has 1 saturated heterocycles. The van der Waals surface area contributed by atoms with E-state index in [2.05, 4.69) is 0 Å². The van der Waals surface area contributed by atoms with Gasteiger partial charge in [-0.2, -0.15) is 0 Å². The maximum Gasteiger partial charge on any atom is 0.410 e. The van der Waals surface area contributed by atoms with Crippen LogP contribution in [0.3, 0.4) is 0 Å². The Labute approximate surface area is 149 Å². The van der Waals surface area contributed by atoms with Gasteiger partial charge in [0.15, 0.2) is 0 Å². The lowest BCUT2D eigenvalue weighted by atomic mass is 9.87. The Bertz CT molecular complexity index is 552. The zero-order valence-electron chi connectivity index (χ0n) is 15.5. The quantitative estimate of drug-likeness (QED) is 0.883. The number of benzene rings is 1. The third kappa shape index (κ3) is 5.61. The van der Waals surface area contributed by atoms with Crippen molar-refractivity contribution in [2.24, 2.45) is 0 Å². The van der Waals surface area contributed by atoms with E-state index in [0.717, 1.165) is 17.7 Å². The summed E-state index contributed by atoms with van der Waals surface area (Å²) < 4.78 is 16.5. The van der Waals surface area contributed by atoms with Crippen LogP contribution in [0.4, 0.5) is 4.79 Å². The third-order valence-electron chi connectivity index (χ3n) is 4.18. The van der Waals surface area contributed by atoms with Crippen LogP contribution in [0.25, 0.3) is 0 Å². The molecule has 0 aromatic heterocycles. The number of carbonyl (C=O) groups excluding carboxylic acids is 1. The van der Waals surface area contributed by atoms with Gasteiger partial charge in [-0.05, 0) is 44.9 Å². The topological polar surface area (TPSA) is 68.2 Å². The van der Waals surface area contributed by atoms with Crippen LogP contribution >= 0.6 is 0 Å². The molecule has 140 valence electrons. The maximum absolute atomic E-state index is 12.3. The Balaban J connectivity index is 2.09. The second-order valence-corrected chi connectivity index (χ2v) is 7.23. The largest absolute Gasteiger partial charge is 0.497 e. The molecule has 25 heavy (non-hydrogen) atoms. The molecule has 1 aliphatic rings. The normalized spacial score (nSPS) is 21.1. The molecule has 1 N–H and O–H groups in total. The number of aliphatic hydroxyl groups excluding tert-OH is 1. The van der Waals surface area contributed by atoms with E-state index in [9.17, 15) is 4.79 Å². The number of aliphatic hydroxyl groups is 1. The predicted octanol–water partition coefficient (Wildman–Crippen LogP) is 2.80. The molecule has 2 unspecified atom stereocenters. The Morgan fingerprint density at radius 1 is 1.28 bits per heavy atom. The first-order chi connectivity index (χ1) is 11.8. The molecule has 1 heterocycles. The number of likely N-dealkylation sites (tertiary alicyclic amines) is 1. The Morgan fingerprint density at radius 3 is 2.52 bits per heavy atom. The highest BCUT2D eigenvalue weighted by Crippen LogP contribution is 2.32. The van der Waals surface area contributed by atoms with Crippen LogP contribution in [0.15, 0.2) is 24.3 Å². The van der Waals surface area contributed by atoms with Crippen LogP contribution in [-0.4, -0.2) is 61.2 Å². The summed E-state index contributed by atoms with van der Waals surface area (Å²) in [6.45, 7) is 6.84. The summed E-state index contributed by atoms with van der Waals surface area (Å²) >= 11 is 0. The first-order valence-corrected chi connectivity index (χ1v) is 8.68. The van der Waals surface area contributed by atoms with Gasteiger partial charge in [0.1, 0.15) is 11.4 Å². The molecule has 0 radical (unpaired) electrons. The molecule has 2 rings (SSSR count). The van der Waals surface area contributed by atoms with Crippen LogP contribution in [0.5, 0.6) is 5.75 Å². The average molecular weight is 351 g/mol. The highest BCUT2D eigenvalue weighted by molar-refractivity contribution is 5.68. The molecule has 6 heteroatoms. The number of hydrogen-bond donors (Lipinski definition) is 1. The van der Waals surface area contributed by atoms with Gasteiger partial charge in [0.05, 0.1) is 33.0 Å². The van der Waals surface area contributed by atoms with Crippen LogP contribution in [0.1, 0.15) is 38.7 Å². The molecule has 1 amide bonds. The van der Waals surface area contributed by atoms with Gasteiger partial charge in [0, 0.05) is 12.5 Å². The van der Waals surface area contributed by atoms with Crippen molar-refractivity contribution in [2.45, 2.75) is 44.8 Å². The number of hydrogen-bond acceptors (Lipinski definition) is 5. The van der Waals surface area contributed by atoms with E-state index in [4.69, 9.17) is 19.3 Å². The molecule has 0 spiro atoms. The molecular weight excluding hydrogens is 322 g/mol. The monoisotopic (exact) mass is 351 g/mol. The van der Waals surface area contributed by atoms with Gasteiger partial charge in [-0.25, -0.2) is 4.79 Å². The second-order valence-electron chi connectivity index (χ2n) is 7.23. The summed E-state index contributed by atoms with van der Waals surface area (Å²) in [7, 11) is 1.64. The van der Waals surface area contributed by atoms with Gasteiger partial charge in [0.25, 0.3) is 0 Å². The van der Waals surface area contributed by atoms with Crippen molar-refractivity contribution in [3.8, 4) is 5.75 Å². The zero-order valence-corrected chi connectivity index (χ0v) is 15.5. The van der Waals surface area contributed by atoms with Crippen molar-refractivity contribution in [1.29, 1.82) is 0 Å². The predicted molar refractivity (Wildman–Crippen MR) is 95.0 cm³/mol. The standard InChI is InChI=1S/C19H29NO5/c1-19(2,3)25-18(22)20-10-9-16(17(13-20)24-12-11-21)14-5-7-15(23-4)8-6-14/h5-8,16-17,21H,9-13H2,1-4H3. The van der Waals surface area contributed by atoms with Crippen molar-refractivity contribution in [2.75, 3.05) is 33.4 Å². The number of amides is 1. The zero-order chi connectivity index (χ0) is 18.4. The summed E-state index contributed by atoms with van der Waals surface area (Å²) in [6.07, 6.45) is 0.280. The highest BCUT2D eigenvalue weighted by Gasteiger charge is 2.34. The highest BCUT2D eigenvalue weighted by atomic mass is 16.6. The number of methoxy groups -OCH3 is 1. The first kappa shape index (κ1) is 19.5. The molecule has 0 saturated carbocycles. The van der Waals surface area contributed by atoms with E-state index in [1.165, 1.54) is 0 Å². The molecule has 6 nitrogen and oxygen atoms in total. The Hall–Kier alpha value is -1.79. The summed E-state index contributed by atoms with van der Waals surface area (Å²) in [5.41, 5.74) is 0.623. The summed E-state index contributed by atoms with van der Waals surface area (Å²) in [4.78, 5) is 14.0. The third-order valence-corrected chi connectivity index (χ3v) is 4.18. The van der Waals surface area contributed by atoms with Gasteiger partial charge in [-0.1, -0.05) is 12.1 Å². The molecule has 1 aromatic rings. The SMILES string of the molecule is COc1ccc(C2CCN(C(=O)OC(C)(C)C)CC2OCCO)cc1. The minimum atomic E-state index is -0.522. The maximum atomic E-state index is 12.3. The molecular formula is C19H29NO5. The lowest BCUT2D eigenvalue weighted by Crippen LogP contribution is -2.48. The fraction of sp³-hybridized carbons (Fsp3) is 0.632. The minimum Gasteiger partial charge on any atom is -0.497 e. The molecule has 0 aliphatic carbocycles. The van der Waals surface area contributed by atoms with Gasteiger partial charge in [-0.15, -0.1) is 0 Å². The van der Waals surface area contributed by atoms with E-state index < -0.39 is 5.60 Å². The second kappa shape index (κ2) is 8.54. The fourth-order valence-electron chi connectivity index (χ4n) is 3.01.